The second-order valence-corrected chi connectivity index (χ2v) is 5.55. The molecule has 1 N–H and O–H groups in total. The first-order valence-electron chi connectivity index (χ1n) is 7.29. The number of alkyl halides is 3. The van der Waals surface area contributed by atoms with E-state index < -0.39 is 12.1 Å². The Morgan fingerprint density at radius 1 is 1.30 bits per heavy atom. The van der Waals surface area contributed by atoms with Gasteiger partial charge in [0.25, 0.3) is 0 Å². The van der Waals surface area contributed by atoms with Gasteiger partial charge in [0.05, 0.1) is 17.9 Å². The molecule has 1 fully saturated rings. The van der Waals surface area contributed by atoms with Gasteiger partial charge >= 0.3 is 6.18 Å². The number of hydrogen-bond acceptors (Lipinski definition) is 2. The molecule has 0 aromatic carbocycles. The van der Waals surface area contributed by atoms with Crippen LogP contribution in [0.4, 0.5) is 13.2 Å². The zero-order valence-corrected chi connectivity index (χ0v) is 11.8. The summed E-state index contributed by atoms with van der Waals surface area (Å²) in [7, 11) is 0. The van der Waals surface area contributed by atoms with Crippen molar-refractivity contribution in [3.05, 3.63) is 18.2 Å². The molecular formula is C14H22F3N3. The number of aromatic nitrogens is 2. The molecule has 1 aromatic heterocycles. The molecule has 3 nitrogen and oxygen atoms in total. The number of halogens is 3. The van der Waals surface area contributed by atoms with E-state index in [0.29, 0.717) is 19.4 Å². The molecule has 1 saturated carbocycles. The highest BCUT2D eigenvalue weighted by Gasteiger charge is 2.41. The fraction of sp³-hybridized carbons (Fsp3) is 0.786. The number of imidazole rings is 1. The van der Waals surface area contributed by atoms with E-state index in [1.165, 1.54) is 0 Å². The maximum absolute atomic E-state index is 12.6. The summed E-state index contributed by atoms with van der Waals surface area (Å²) in [5, 5.41) is 3.37. The molecular weight excluding hydrogens is 267 g/mol. The molecule has 1 aliphatic rings. The monoisotopic (exact) mass is 289 g/mol. The van der Waals surface area contributed by atoms with Crippen LogP contribution in [0.15, 0.2) is 12.5 Å². The van der Waals surface area contributed by atoms with Gasteiger partial charge in [-0.05, 0) is 32.1 Å². The normalized spacial score (nSPS) is 24.0. The average Bonchev–Trinajstić information content (AvgIpc) is 2.84. The lowest BCUT2D eigenvalue weighted by molar-refractivity contribution is -0.182. The van der Waals surface area contributed by atoms with Crippen molar-refractivity contribution in [1.82, 2.24) is 14.9 Å². The maximum atomic E-state index is 12.6. The molecule has 0 saturated heterocycles. The van der Waals surface area contributed by atoms with Crippen molar-refractivity contribution in [3.8, 4) is 0 Å². The van der Waals surface area contributed by atoms with E-state index in [0.717, 1.165) is 18.7 Å². The van der Waals surface area contributed by atoms with Gasteiger partial charge < -0.3 is 9.88 Å². The Morgan fingerprint density at radius 2 is 2.00 bits per heavy atom. The Hall–Kier alpha value is -1.04. The lowest BCUT2D eigenvalue weighted by Gasteiger charge is -2.30. The molecule has 0 atom stereocenters. The van der Waals surface area contributed by atoms with Crippen molar-refractivity contribution in [3.63, 3.8) is 0 Å². The molecule has 1 aromatic rings. The van der Waals surface area contributed by atoms with Gasteiger partial charge in [0, 0.05) is 25.3 Å². The van der Waals surface area contributed by atoms with Crippen LogP contribution in [0.2, 0.25) is 0 Å². The summed E-state index contributed by atoms with van der Waals surface area (Å²) in [5.74, 6) is -1.11. The van der Waals surface area contributed by atoms with Crippen molar-refractivity contribution in [2.24, 2.45) is 5.92 Å². The van der Waals surface area contributed by atoms with Crippen LogP contribution < -0.4 is 5.32 Å². The molecule has 0 bridgehead atoms. The highest BCUT2D eigenvalue weighted by atomic mass is 19.4. The summed E-state index contributed by atoms with van der Waals surface area (Å²) < 4.78 is 39.8. The third-order valence-corrected chi connectivity index (χ3v) is 4.02. The number of nitrogens with one attached hydrogen (secondary N) is 1. The first-order chi connectivity index (χ1) is 9.50. The van der Waals surface area contributed by atoms with E-state index in [1.807, 2.05) is 6.20 Å². The SMILES string of the molecule is CCCn1cncc1CNC1CCC(C(F)(F)F)CC1. The van der Waals surface area contributed by atoms with Crippen LogP contribution >= 0.6 is 0 Å². The first kappa shape index (κ1) is 15.4. The van der Waals surface area contributed by atoms with Crippen LogP contribution in [0.1, 0.15) is 44.7 Å². The maximum Gasteiger partial charge on any atom is 0.391 e. The van der Waals surface area contributed by atoms with Gasteiger partial charge in [0.2, 0.25) is 0 Å². The van der Waals surface area contributed by atoms with Crippen molar-refractivity contribution in [2.75, 3.05) is 0 Å². The fourth-order valence-electron chi connectivity index (χ4n) is 2.81. The van der Waals surface area contributed by atoms with Crippen LogP contribution in [-0.2, 0) is 13.1 Å². The molecule has 2 rings (SSSR count). The number of hydrogen-bond donors (Lipinski definition) is 1. The first-order valence-corrected chi connectivity index (χ1v) is 7.29. The second kappa shape index (κ2) is 6.61. The van der Waals surface area contributed by atoms with Gasteiger partial charge in [-0.1, -0.05) is 6.92 Å². The van der Waals surface area contributed by atoms with Gasteiger partial charge in [-0.3, -0.25) is 0 Å². The zero-order chi connectivity index (χ0) is 14.6. The molecule has 0 spiro atoms. The Morgan fingerprint density at radius 3 is 2.60 bits per heavy atom. The Balaban J connectivity index is 1.77. The van der Waals surface area contributed by atoms with Crippen molar-refractivity contribution in [1.29, 1.82) is 0 Å². The summed E-state index contributed by atoms with van der Waals surface area (Å²) in [6, 6.07) is 0.193. The fourth-order valence-corrected chi connectivity index (χ4v) is 2.81. The molecule has 20 heavy (non-hydrogen) atoms. The lowest BCUT2D eigenvalue weighted by Crippen LogP contribution is -2.37. The van der Waals surface area contributed by atoms with Crippen LogP contribution in [-0.4, -0.2) is 21.8 Å². The predicted octanol–water partition coefficient (Wildman–Crippen LogP) is 3.50. The number of rotatable bonds is 5. The Bertz CT molecular complexity index is 406. The molecule has 0 unspecified atom stereocenters. The van der Waals surface area contributed by atoms with E-state index >= 15 is 0 Å². The van der Waals surface area contributed by atoms with Gasteiger partial charge in [-0.25, -0.2) is 4.98 Å². The molecule has 1 aliphatic carbocycles. The van der Waals surface area contributed by atoms with Gasteiger partial charge in [0.15, 0.2) is 0 Å². The third kappa shape index (κ3) is 3.98. The summed E-state index contributed by atoms with van der Waals surface area (Å²) in [6.45, 7) is 3.72. The largest absolute Gasteiger partial charge is 0.391 e. The Labute approximate surface area is 117 Å². The molecule has 0 radical (unpaired) electrons. The summed E-state index contributed by atoms with van der Waals surface area (Å²) in [5.41, 5.74) is 1.10. The van der Waals surface area contributed by atoms with Crippen molar-refractivity contribution < 1.29 is 13.2 Å². The highest BCUT2D eigenvalue weighted by Crippen LogP contribution is 2.37. The quantitative estimate of drug-likeness (QED) is 0.899. The van der Waals surface area contributed by atoms with Crippen molar-refractivity contribution in [2.45, 2.75) is 64.3 Å². The van der Waals surface area contributed by atoms with E-state index in [9.17, 15) is 13.2 Å². The molecule has 6 heteroatoms. The lowest BCUT2D eigenvalue weighted by atomic mass is 9.85. The zero-order valence-electron chi connectivity index (χ0n) is 11.8. The minimum Gasteiger partial charge on any atom is -0.333 e. The third-order valence-electron chi connectivity index (χ3n) is 4.02. The molecule has 0 aliphatic heterocycles. The summed E-state index contributed by atoms with van der Waals surface area (Å²) >= 11 is 0. The summed E-state index contributed by atoms with van der Waals surface area (Å²) in [4.78, 5) is 4.12. The smallest absolute Gasteiger partial charge is 0.333 e. The van der Waals surface area contributed by atoms with E-state index in [1.54, 1.807) is 6.33 Å². The number of aryl methyl sites for hydroxylation is 1. The minimum atomic E-state index is -4.02. The number of nitrogens with zero attached hydrogens (tertiary/aromatic N) is 2. The van der Waals surface area contributed by atoms with Gasteiger partial charge in [-0.15, -0.1) is 0 Å². The molecule has 114 valence electrons. The van der Waals surface area contributed by atoms with Gasteiger partial charge in [-0.2, -0.15) is 13.2 Å². The minimum absolute atomic E-state index is 0.193. The van der Waals surface area contributed by atoms with Crippen molar-refractivity contribution >= 4 is 0 Å². The van der Waals surface area contributed by atoms with E-state index in [2.05, 4.69) is 21.8 Å². The van der Waals surface area contributed by atoms with Gasteiger partial charge in [0.1, 0.15) is 0 Å². The molecule has 1 heterocycles. The van der Waals surface area contributed by atoms with Crippen LogP contribution in [0, 0.1) is 5.92 Å². The van der Waals surface area contributed by atoms with E-state index in [-0.39, 0.29) is 18.9 Å². The van der Waals surface area contributed by atoms with E-state index in [4.69, 9.17) is 0 Å². The standard InChI is InChI=1S/C14H22F3N3/c1-2-7-20-10-18-8-13(20)9-19-12-5-3-11(4-6-12)14(15,16)17/h8,10-12,19H,2-7,9H2,1H3. The highest BCUT2D eigenvalue weighted by molar-refractivity contribution is 4.98. The topological polar surface area (TPSA) is 29.9 Å². The predicted molar refractivity (Wildman–Crippen MR) is 71.2 cm³/mol. The van der Waals surface area contributed by atoms with Crippen LogP contribution in [0.25, 0.3) is 0 Å². The summed E-state index contributed by atoms with van der Waals surface area (Å²) in [6.07, 6.45) is 2.35. The second-order valence-electron chi connectivity index (χ2n) is 5.55. The average molecular weight is 289 g/mol. The van der Waals surface area contributed by atoms with Crippen LogP contribution in [0.3, 0.4) is 0 Å². The van der Waals surface area contributed by atoms with Crippen LogP contribution in [0.5, 0.6) is 0 Å². The molecule has 0 amide bonds. The Kier molecular flexibility index (Phi) is 5.07.